The molecule has 1 aliphatic rings. The van der Waals surface area contributed by atoms with Crippen LogP contribution in [0.25, 0.3) is 0 Å². The highest BCUT2D eigenvalue weighted by Crippen LogP contribution is 2.42. The zero-order valence-corrected chi connectivity index (χ0v) is 19.4. The van der Waals surface area contributed by atoms with Crippen LogP contribution < -0.4 is 0 Å². The number of benzene rings is 2. The van der Waals surface area contributed by atoms with E-state index in [4.69, 9.17) is 4.74 Å². The topological polar surface area (TPSA) is 32.7 Å². The molecule has 0 radical (unpaired) electrons. The number of hydrogen-bond acceptors (Lipinski definition) is 3. The van der Waals surface area contributed by atoms with E-state index in [0.717, 1.165) is 70.5 Å². The quantitative estimate of drug-likeness (QED) is 0.500. The van der Waals surface area contributed by atoms with E-state index in [1.807, 2.05) is 0 Å². The summed E-state index contributed by atoms with van der Waals surface area (Å²) in [6.07, 6.45) is 5.15. The predicted octanol–water partition coefficient (Wildman–Crippen LogP) is 5.55. The summed E-state index contributed by atoms with van der Waals surface area (Å²) in [4.78, 5) is 2.45. The Hall–Kier alpha value is -1.39. The third kappa shape index (κ3) is 6.31. The lowest BCUT2D eigenvalue weighted by Gasteiger charge is -2.41. The maximum atomic E-state index is 12.3. The van der Waals surface area contributed by atoms with Gasteiger partial charge < -0.3 is 9.84 Å². The highest BCUT2D eigenvalue weighted by Gasteiger charge is 2.40. The monoisotopic (exact) mass is 431 g/mol. The molecule has 1 aliphatic heterocycles. The van der Waals surface area contributed by atoms with Gasteiger partial charge in [0.1, 0.15) is 0 Å². The SMILES string of the molecule is CCCCCC(O)(c1ccc(CC)cc1)C(CN1CCOCC1)c1ccccc1.Cl. The predicted molar refractivity (Wildman–Crippen MR) is 128 cm³/mol. The van der Waals surface area contributed by atoms with Gasteiger partial charge in [-0.2, -0.15) is 0 Å². The third-order valence-corrected chi connectivity index (χ3v) is 6.35. The molecule has 1 heterocycles. The van der Waals surface area contributed by atoms with E-state index < -0.39 is 5.60 Å². The van der Waals surface area contributed by atoms with Crippen molar-refractivity contribution in [1.82, 2.24) is 4.90 Å². The second kappa shape index (κ2) is 12.5. The Labute approximate surface area is 188 Å². The summed E-state index contributed by atoms with van der Waals surface area (Å²) >= 11 is 0. The normalized spacial score (nSPS) is 17.7. The van der Waals surface area contributed by atoms with Crippen molar-refractivity contribution in [2.45, 2.75) is 57.5 Å². The standard InChI is InChI=1S/C26H37NO2.ClH/c1-3-5-9-16-26(28,24-14-12-22(4-2)13-15-24)25(23-10-7-6-8-11-23)21-27-17-19-29-20-18-27;/h6-8,10-15,25,28H,3-5,9,16-21H2,1-2H3;1H. The van der Waals surface area contributed by atoms with E-state index in [-0.39, 0.29) is 18.3 Å². The van der Waals surface area contributed by atoms with E-state index in [9.17, 15) is 5.11 Å². The highest BCUT2D eigenvalue weighted by atomic mass is 35.5. The minimum Gasteiger partial charge on any atom is -0.384 e. The average Bonchev–Trinajstić information content (AvgIpc) is 2.79. The van der Waals surface area contributed by atoms with Crippen LogP contribution in [0.15, 0.2) is 54.6 Å². The molecule has 2 aromatic rings. The Balaban J connectivity index is 0.00000320. The van der Waals surface area contributed by atoms with Crippen molar-refractivity contribution < 1.29 is 9.84 Å². The summed E-state index contributed by atoms with van der Waals surface area (Å²) in [6, 6.07) is 19.3. The van der Waals surface area contributed by atoms with Gasteiger partial charge in [-0.05, 0) is 29.5 Å². The van der Waals surface area contributed by atoms with Crippen molar-refractivity contribution in [2.75, 3.05) is 32.8 Å². The molecule has 2 unspecified atom stereocenters. The summed E-state index contributed by atoms with van der Waals surface area (Å²) in [5.74, 6) is 0.0335. The first kappa shape index (κ1) is 24.9. The molecule has 1 N–H and O–H groups in total. The van der Waals surface area contributed by atoms with E-state index in [1.165, 1.54) is 11.1 Å². The molecule has 2 aromatic carbocycles. The van der Waals surface area contributed by atoms with Gasteiger partial charge in [0.25, 0.3) is 0 Å². The zero-order chi connectivity index (χ0) is 20.5. The lowest BCUT2D eigenvalue weighted by molar-refractivity contribution is -0.0295. The van der Waals surface area contributed by atoms with Crippen LogP contribution in [0.3, 0.4) is 0 Å². The van der Waals surface area contributed by atoms with Gasteiger partial charge in [-0.1, -0.05) is 87.7 Å². The van der Waals surface area contributed by atoms with E-state index in [0.29, 0.717) is 0 Å². The fourth-order valence-electron chi connectivity index (χ4n) is 4.45. The first-order valence-corrected chi connectivity index (χ1v) is 11.3. The molecular formula is C26H38ClNO2. The van der Waals surface area contributed by atoms with Crippen molar-refractivity contribution in [2.24, 2.45) is 0 Å². The second-order valence-electron chi connectivity index (χ2n) is 8.31. The summed E-state index contributed by atoms with van der Waals surface area (Å²) < 4.78 is 5.56. The Morgan fingerprint density at radius 3 is 2.23 bits per heavy atom. The number of unbranched alkanes of at least 4 members (excludes halogenated alkanes) is 2. The molecule has 0 spiro atoms. The van der Waals surface area contributed by atoms with Gasteiger partial charge in [-0.3, -0.25) is 4.90 Å². The number of aryl methyl sites for hydroxylation is 1. The molecule has 1 fully saturated rings. The van der Waals surface area contributed by atoms with E-state index >= 15 is 0 Å². The first-order valence-electron chi connectivity index (χ1n) is 11.3. The summed E-state index contributed by atoms with van der Waals surface area (Å²) in [7, 11) is 0. The third-order valence-electron chi connectivity index (χ3n) is 6.35. The van der Waals surface area contributed by atoms with Crippen molar-refractivity contribution in [3.63, 3.8) is 0 Å². The van der Waals surface area contributed by atoms with Gasteiger partial charge >= 0.3 is 0 Å². The van der Waals surface area contributed by atoms with Crippen LogP contribution in [0.5, 0.6) is 0 Å². The molecule has 2 atom stereocenters. The number of halogens is 1. The molecule has 3 nitrogen and oxygen atoms in total. The van der Waals surface area contributed by atoms with Crippen LogP contribution in [0, 0.1) is 0 Å². The minimum absolute atomic E-state index is 0. The van der Waals surface area contributed by atoms with Crippen LogP contribution in [0.4, 0.5) is 0 Å². The number of nitrogens with zero attached hydrogens (tertiary/aromatic N) is 1. The molecular weight excluding hydrogens is 394 g/mol. The highest BCUT2D eigenvalue weighted by molar-refractivity contribution is 5.85. The van der Waals surface area contributed by atoms with Gasteiger partial charge in [0.05, 0.1) is 18.8 Å². The summed E-state index contributed by atoms with van der Waals surface area (Å²) in [5, 5.41) is 12.3. The van der Waals surface area contributed by atoms with Crippen LogP contribution in [-0.2, 0) is 16.8 Å². The van der Waals surface area contributed by atoms with Gasteiger partial charge in [0.15, 0.2) is 0 Å². The van der Waals surface area contributed by atoms with E-state index in [1.54, 1.807) is 0 Å². The number of rotatable bonds is 10. The van der Waals surface area contributed by atoms with Gasteiger partial charge in [0.2, 0.25) is 0 Å². The molecule has 166 valence electrons. The number of morpholine rings is 1. The Morgan fingerprint density at radius 1 is 0.967 bits per heavy atom. The van der Waals surface area contributed by atoms with Crippen molar-refractivity contribution in [1.29, 1.82) is 0 Å². The largest absolute Gasteiger partial charge is 0.384 e. The van der Waals surface area contributed by atoms with Gasteiger partial charge in [0, 0.05) is 25.6 Å². The van der Waals surface area contributed by atoms with Crippen molar-refractivity contribution in [3.8, 4) is 0 Å². The molecule has 0 aromatic heterocycles. The number of aliphatic hydroxyl groups is 1. The van der Waals surface area contributed by atoms with Crippen molar-refractivity contribution >= 4 is 12.4 Å². The van der Waals surface area contributed by atoms with Crippen LogP contribution >= 0.6 is 12.4 Å². The maximum Gasteiger partial charge on any atom is 0.0977 e. The van der Waals surface area contributed by atoms with Crippen LogP contribution in [0.2, 0.25) is 0 Å². The van der Waals surface area contributed by atoms with E-state index in [2.05, 4.69) is 73.3 Å². The average molecular weight is 432 g/mol. The fourth-order valence-corrected chi connectivity index (χ4v) is 4.45. The van der Waals surface area contributed by atoms with Gasteiger partial charge in [-0.25, -0.2) is 0 Å². The minimum atomic E-state index is -0.874. The Kier molecular flexibility index (Phi) is 10.3. The summed E-state index contributed by atoms with van der Waals surface area (Å²) in [5.41, 5.74) is 2.71. The zero-order valence-electron chi connectivity index (χ0n) is 18.6. The molecule has 0 aliphatic carbocycles. The second-order valence-corrected chi connectivity index (χ2v) is 8.31. The molecule has 1 saturated heterocycles. The van der Waals surface area contributed by atoms with Crippen molar-refractivity contribution in [3.05, 3.63) is 71.3 Å². The molecule has 0 amide bonds. The number of ether oxygens (including phenoxy) is 1. The van der Waals surface area contributed by atoms with Crippen LogP contribution in [0.1, 0.15) is 62.1 Å². The lowest BCUT2D eigenvalue weighted by atomic mass is 9.73. The van der Waals surface area contributed by atoms with Gasteiger partial charge in [-0.15, -0.1) is 12.4 Å². The smallest absolute Gasteiger partial charge is 0.0977 e. The van der Waals surface area contributed by atoms with Crippen LogP contribution in [-0.4, -0.2) is 42.9 Å². The summed E-state index contributed by atoms with van der Waals surface area (Å²) in [6.45, 7) is 8.67. The molecule has 4 heteroatoms. The number of hydrogen-bond donors (Lipinski definition) is 1. The molecule has 30 heavy (non-hydrogen) atoms. The first-order chi connectivity index (χ1) is 14.2. The molecule has 0 saturated carbocycles. The molecule has 0 bridgehead atoms. The lowest BCUT2D eigenvalue weighted by Crippen LogP contribution is -2.45. The molecule has 3 rings (SSSR count). The Bertz CT molecular complexity index is 716. The Morgan fingerprint density at radius 2 is 1.63 bits per heavy atom. The fraction of sp³-hybridized carbons (Fsp3) is 0.538. The maximum absolute atomic E-state index is 12.3.